The van der Waals surface area contributed by atoms with Crippen LogP contribution in [0.25, 0.3) is 0 Å². The van der Waals surface area contributed by atoms with Crippen LogP contribution in [0.1, 0.15) is 37.3 Å². The van der Waals surface area contributed by atoms with Crippen LogP contribution in [0.4, 0.5) is 5.69 Å². The third-order valence-corrected chi connectivity index (χ3v) is 4.67. The normalized spacial score (nSPS) is 22.7. The fraction of sp³-hybridized carbons (Fsp3) is 0.533. The molecule has 1 aliphatic rings. The first kappa shape index (κ1) is 13.3. The van der Waals surface area contributed by atoms with Gasteiger partial charge in [0.1, 0.15) is 6.07 Å². The molecule has 96 valence electrons. The third kappa shape index (κ3) is 3.20. The summed E-state index contributed by atoms with van der Waals surface area (Å²) in [6.45, 7) is 4.24. The molecule has 0 saturated heterocycles. The Morgan fingerprint density at radius 2 is 2.28 bits per heavy atom. The van der Waals surface area contributed by atoms with E-state index in [-0.39, 0.29) is 0 Å². The molecule has 2 atom stereocenters. The smallest absolute Gasteiger partial charge is 0.101 e. The first-order chi connectivity index (χ1) is 8.72. The highest BCUT2D eigenvalue weighted by atomic mass is 32.2. The lowest BCUT2D eigenvalue weighted by Gasteiger charge is -2.16. The maximum atomic E-state index is 9.16. The molecule has 0 spiro atoms. The van der Waals surface area contributed by atoms with E-state index in [2.05, 4.69) is 36.1 Å². The van der Waals surface area contributed by atoms with Crippen molar-refractivity contribution in [3.8, 4) is 6.07 Å². The minimum atomic E-state index is 0.531. The number of anilines is 1. The molecule has 0 aliphatic heterocycles. The van der Waals surface area contributed by atoms with Crippen LogP contribution in [0.3, 0.4) is 0 Å². The summed E-state index contributed by atoms with van der Waals surface area (Å²) in [7, 11) is 0. The zero-order chi connectivity index (χ0) is 13.0. The largest absolute Gasteiger partial charge is 0.381 e. The Kier molecular flexibility index (Phi) is 4.54. The second-order valence-electron chi connectivity index (χ2n) is 4.89. The summed E-state index contributed by atoms with van der Waals surface area (Å²) in [6.07, 6.45) is 3.73. The third-order valence-electron chi connectivity index (χ3n) is 3.44. The average molecular weight is 260 g/mol. The summed E-state index contributed by atoms with van der Waals surface area (Å²) < 4.78 is 0. The van der Waals surface area contributed by atoms with E-state index in [1.165, 1.54) is 25.0 Å². The molecule has 0 heterocycles. The molecular formula is C15H20N2S. The van der Waals surface area contributed by atoms with Crippen molar-refractivity contribution in [3.63, 3.8) is 0 Å². The maximum absolute atomic E-state index is 9.16. The molecular weight excluding hydrogens is 240 g/mol. The monoisotopic (exact) mass is 260 g/mol. The predicted molar refractivity (Wildman–Crippen MR) is 79.1 cm³/mol. The van der Waals surface area contributed by atoms with Crippen molar-refractivity contribution in [3.05, 3.63) is 29.3 Å². The second kappa shape index (κ2) is 6.15. The van der Waals surface area contributed by atoms with Crippen LogP contribution in [-0.4, -0.2) is 17.0 Å². The van der Waals surface area contributed by atoms with E-state index in [1.54, 1.807) is 0 Å². The standard InChI is InChI=1S/C15H20N2S/c1-3-18-14-6-5-13(9-14)17-15-7-4-11(2)8-12(15)10-16/h4,7-8,13-14,17H,3,5-6,9H2,1-2H3. The summed E-state index contributed by atoms with van der Waals surface area (Å²) in [6, 6.07) is 8.87. The molecule has 0 radical (unpaired) electrons. The Bertz CT molecular complexity index is 450. The van der Waals surface area contributed by atoms with Crippen LogP contribution in [-0.2, 0) is 0 Å². The molecule has 1 aromatic rings. The van der Waals surface area contributed by atoms with Gasteiger partial charge >= 0.3 is 0 Å². The zero-order valence-corrected chi connectivity index (χ0v) is 11.9. The Morgan fingerprint density at radius 1 is 1.44 bits per heavy atom. The van der Waals surface area contributed by atoms with Crippen molar-refractivity contribution < 1.29 is 0 Å². The van der Waals surface area contributed by atoms with E-state index in [1.807, 2.05) is 19.1 Å². The van der Waals surface area contributed by atoms with Gasteiger partial charge < -0.3 is 5.32 Å². The van der Waals surface area contributed by atoms with Crippen molar-refractivity contribution in [1.29, 1.82) is 5.26 Å². The number of thioether (sulfide) groups is 1. The minimum Gasteiger partial charge on any atom is -0.381 e. The van der Waals surface area contributed by atoms with Gasteiger partial charge in [0.15, 0.2) is 0 Å². The van der Waals surface area contributed by atoms with Crippen LogP contribution in [0.15, 0.2) is 18.2 Å². The van der Waals surface area contributed by atoms with Gasteiger partial charge in [-0.1, -0.05) is 13.0 Å². The highest BCUT2D eigenvalue weighted by Crippen LogP contribution is 2.32. The van der Waals surface area contributed by atoms with Crippen LogP contribution >= 0.6 is 11.8 Å². The molecule has 0 bridgehead atoms. The lowest BCUT2D eigenvalue weighted by atomic mass is 10.1. The Labute approximate surface area is 114 Å². The van der Waals surface area contributed by atoms with Crippen molar-refractivity contribution in [2.75, 3.05) is 11.1 Å². The van der Waals surface area contributed by atoms with E-state index in [0.717, 1.165) is 22.1 Å². The van der Waals surface area contributed by atoms with E-state index in [9.17, 15) is 0 Å². The van der Waals surface area contributed by atoms with Gasteiger partial charge in [-0.05, 0) is 49.6 Å². The lowest BCUT2D eigenvalue weighted by Crippen LogP contribution is -2.16. The number of hydrogen-bond donors (Lipinski definition) is 1. The number of rotatable bonds is 4. The summed E-state index contributed by atoms with van der Waals surface area (Å²) in [4.78, 5) is 0. The van der Waals surface area contributed by atoms with Crippen LogP contribution in [0.2, 0.25) is 0 Å². The quantitative estimate of drug-likeness (QED) is 0.890. The van der Waals surface area contributed by atoms with Crippen molar-refractivity contribution in [2.45, 2.75) is 44.4 Å². The van der Waals surface area contributed by atoms with Gasteiger partial charge in [-0.3, -0.25) is 0 Å². The number of aryl methyl sites for hydroxylation is 1. The Balaban J connectivity index is 2.00. The highest BCUT2D eigenvalue weighted by molar-refractivity contribution is 7.99. The summed E-state index contributed by atoms with van der Waals surface area (Å²) in [5, 5.41) is 13.5. The fourth-order valence-electron chi connectivity index (χ4n) is 2.55. The molecule has 0 aromatic heterocycles. The summed E-state index contributed by atoms with van der Waals surface area (Å²) in [5.74, 6) is 1.20. The molecule has 3 heteroatoms. The van der Waals surface area contributed by atoms with Crippen molar-refractivity contribution in [2.24, 2.45) is 0 Å². The molecule has 1 aliphatic carbocycles. The Morgan fingerprint density at radius 3 is 3.00 bits per heavy atom. The second-order valence-corrected chi connectivity index (χ2v) is 6.47. The van der Waals surface area contributed by atoms with Crippen molar-refractivity contribution in [1.82, 2.24) is 0 Å². The average Bonchev–Trinajstić information content (AvgIpc) is 2.79. The number of nitriles is 1. The number of hydrogen-bond acceptors (Lipinski definition) is 3. The van der Waals surface area contributed by atoms with Gasteiger partial charge in [0.05, 0.1) is 11.3 Å². The molecule has 2 rings (SSSR count). The van der Waals surface area contributed by atoms with E-state index >= 15 is 0 Å². The van der Waals surface area contributed by atoms with E-state index < -0.39 is 0 Å². The molecule has 1 aromatic carbocycles. The predicted octanol–water partition coefficient (Wildman–Crippen LogP) is 3.95. The molecule has 1 N–H and O–H groups in total. The highest BCUT2D eigenvalue weighted by Gasteiger charge is 2.24. The molecule has 18 heavy (non-hydrogen) atoms. The number of nitrogens with zero attached hydrogens (tertiary/aromatic N) is 1. The van der Waals surface area contributed by atoms with E-state index in [0.29, 0.717) is 6.04 Å². The van der Waals surface area contributed by atoms with Gasteiger partial charge in [0, 0.05) is 11.3 Å². The van der Waals surface area contributed by atoms with Crippen LogP contribution in [0.5, 0.6) is 0 Å². The molecule has 1 fully saturated rings. The first-order valence-electron chi connectivity index (χ1n) is 6.61. The Hall–Kier alpha value is -1.14. The molecule has 2 unspecified atom stereocenters. The minimum absolute atomic E-state index is 0.531. The molecule has 1 saturated carbocycles. The first-order valence-corrected chi connectivity index (χ1v) is 7.66. The summed E-state index contributed by atoms with van der Waals surface area (Å²) in [5.41, 5.74) is 2.90. The zero-order valence-electron chi connectivity index (χ0n) is 11.1. The lowest BCUT2D eigenvalue weighted by molar-refractivity contribution is 0.756. The van der Waals surface area contributed by atoms with Gasteiger partial charge in [0.25, 0.3) is 0 Å². The molecule has 2 nitrogen and oxygen atoms in total. The van der Waals surface area contributed by atoms with Gasteiger partial charge in [0.2, 0.25) is 0 Å². The van der Waals surface area contributed by atoms with Crippen LogP contribution in [0, 0.1) is 18.3 Å². The van der Waals surface area contributed by atoms with Gasteiger partial charge in [-0.2, -0.15) is 17.0 Å². The molecule has 0 amide bonds. The fourth-order valence-corrected chi connectivity index (χ4v) is 3.70. The van der Waals surface area contributed by atoms with Crippen LogP contribution < -0.4 is 5.32 Å². The van der Waals surface area contributed by atoms with Gasteiger partial charge in [-0.25, -0.2) is 0 Å². The van der Waals surface area contributed by atoms with Crippen molar-refractivity contribution >= 4 is 17.4 Å². The van der Waals surface area contributed by atoms with E-state index in [4.69, 9.17) is 5.26 Å². The van der Waals surface area contributed by atoms with Gasteiger partial charge in [-0.15, -0.1) is 0 Å². The number of nitrogens with one attached hydrogen (secondary N) is 1. The number of benzene rings is 1. The maximum Gasteiger partial charge on any atom is 0.101 e. The SMILES string of the molecule is CCSC1CCC(Nc2ccc(C)cc2C#N)C1. The summed E-state index contributed by atoms with van der Waals surface area (Å²) >= 11 is 2.06. The topological polar surface area (TPSA) is 35.8 Å².